The standard InChI is InChI=1S/C20H22N4O2/c1-24-18(8-10-22-24)15-11-19(26-13-15)20(25)23-17-12-21-9-7-16(17)14-5-3-2-4-6-14/h2-6,8,10-11,13,16-17,21H,7,9,12H2,1H3,(H,23,25). The van der Waals surface area contributed by atoms with E-state index in [0.29, 0.717) is 11.7 Å². The first-order valence-electron chi connectivity index (χ1n) is 8.86. The van der Waals surface area contributed by atoms with Gasteiger partial charge in [0.1, 0.15) is 6.26 Å². The first-order valence-corrected chi connectivity index (χ1v) is 8.86. The van der Waals surface area contributed by atoms with Crippen LogP contribution in [-0.2, 0) is 7.05 Å². The highest BCUT2D eigenvalue weighted by Gasteiger charge is 2.28. The summed E-state index contributed by atoms with van der Waals surface area (Å²) in [6.07, 6.45) is 4.31. The first-order chi connectivity index (χ1) is 12.7. The quantitative estimate of drug-likeness (QED) is 0.759. The number of furan rings is 1. The number of benzene rings is 1. The summed E-state index contributed by atoms with van der Waals surface area (Å²) in [7, 11) is 1.86. The number of aromatic nitrogens is 2. The number of rotatable bonds is 4. The maximum atomic E-state index is 12.7. The fourth-order valence-electron chi connectivity index (χ4n) is 3.60. The summed E-state index contributed by atoms with van der Waals surface area (Å²) < 4.78 is 7.27. The number of carbonyl (C=O) groups is 1. The molecule has 134 valence electrons. The molecule has 2 aromatic heterocycles. The lowest BCUT2D eigenvalue weighted by Crippen LogP contribution is -2.49. The number of hydrogen-bond donors (Lipinski definition) is 2. The number of hydrogen-bond acceptors (Lipinski definition) is 4. The van der Waals surface area contributed by atoms with Gasteiger partial charge in [-0.25, -0.2) is 0 Å². The molecule has 0 spiro atoms. The third-order valence-corrected chi connectivity index (χ3v) is 4.97. The summed E-state index contributed by atoms with van der Waals surface area (Å²) in [5.74, 6) is 0.430. The van der Waals surface area contributed by atoms with Crippen LogP contribution in [0.3, 0.4) is 0 Å². The average molecular weight is 350 g/mol. The van der Waals surface area contributed by atoms with Gasteiger partial charge in [0.25, 0.3) is 5.91 Å². The van der Waals surface area contributed by atoms with Crippen LogP contribution in [0.2, 0.25) is 0 Å². The molecule has 0 aliphatic carbocycles. The normalized spacial score (nSPS) is 20.0. The van der Waals surface area contributed by atoms with Gasteiger partial charge in [0.15, 0.2) is 5.76 Å². The molecule has 3 aromatic rings. The number of piperidine rings is 1. The van der Waals surface area contributed by atoms with Crippen LogP contribution in [0, 0.1) is 0 Å². The van der Waals surface area contributed by atoms with Crippen LogP contribution in [-0.4, -0.2) is 34.8 Å². The highest BCUT2D eigenvalue weighted by atomic mass is 16.3. The van der Waals surface area contributed by atoms with Crippen LogP contribution in [0.15, 0.2) is 59.3 Å². The monoisotopic (exact) mass is 350 g/mol. The minimum absolute atomic E-state index is 0.0314. The molecule has 6 heteroatoms. The summed E-state index contributed by atoms with van der Waals surface area (Å²) >= 11 is 0. The van der Waals surface area contributed by atoms with E-state index in [2.05, 4.69) is 27.9 Å². The molecule has 1 aliphatic rings. The molecule has 2 unspecified atom stereocenters. The van der Waals surface area contributed by atoms with Gasteiger partial charge in [0, 0.05) is 37.3 Å². The second kappa shape index (κ2) is 7.17. The average Bonchev–Trinajstić information content (AvgIpc) is 3.32. The molecule has 1 aromatic carbocycles. The SMILES string of the molecule is Cn1nccc1-c1coc(C(=O)NC2CNCCC2c2ccccc2)c1. The Morgan fingerprint density at radius 3 is 2.92 bits per heavy atom. The van der Waals surface area contributed by atoms with E-state index in [1.807, 2.05) is 31.3 Å². The summed E-state index contributed by atoms with van der Waals surface area (Å²) in [4.78, 5) is 12.7. The Morgan fingerprint density at radius 1 is 1.31 bits per heavy atom. The van der Waals surface area contributed by atoms with Crippen LogP contribution >= 0.6 is 0 Å². The third kappa shape index (κ3) is 3.28. The van der Waals surface area contributed by atoms with Crippen molar-refractivity contribution in [1.82, 2.24) is 20.4 Å². The van der Waals surface area contributed by atoms with Gasteiger partial charge in [-0.1, -0.05) is 30.3 Å². The number of nitrogens with zero attached hydrogens (tertiary/aromatic N) is 2. The maximum absolute atomic E-state index is 12.7. The molecule has 0 bridgehead atoms. The minimum Gasteiger partial charge on any atom is -0.458 e. The van der Waals surface area contributed by atoms with E-state index in [1.165, 1.54) is 5.56 Å². The Hall–Kier alpha value is -2.86. The van der Waals surface area contributed by atoms with E-state index in [9.17, 15) is 4.79 Å². The predicted molar refractivity (Wildman–Crippen MR) is 98.8 cm³/mol. The van der Waals surface area contributed by atoms with Crippen molar-refractivity contribution in [1.29, 1.82) is 0 Å². The van der Waals surface area contributed by atoms with Gasteiger partial charge in [-0.15, -0.1) is 0 Å². The Balaban J connectivity index is 1.50. The maximum Gasteiger partial charge on any atom is 0.287 e. The molecular weight excluding hydrogens is 328 g/mol. The molecule has 0 saturated carbocycles. The molecule has 1 saturated heterocycles. The smallest absolute Gasteiger partial charge is 0.287 e. The molecule has 26 heavy (non-hydrogen) atoms. The fourth-order valence-corrected chi connectivity index (χ4v) is 3.60. The van der Waals surface area contributed by atoms with Gasteiger partial charge in [-0.2, -0.15) is 5.10 Å². The van der Waals surface area contributed by atoms with Crippen LogP contribution in [0.4, 0.5) is 0 Å². The van der Waals surface area contributed by atoms with E-state index in [-0.39, 0.29) is 11.9 Å². The third-order valence-electron chi connectivity index (χ3n) is 4.97. The Labute approximate surface area is 152 Å². The van der Waals surface area contributed by atoms with Crippen molar-refractivity contribution in [3.63, 3.8) is 0 Å². The van der Waals surface area contributed by atoms with Gasteiger partial charge in [0.05, 0.1) is 5.69 Å². The van der Waals surface area contributed by atoms with Crippen molar-refractivity contribution in [2.45, 2.75) is 18.4 Å². The van der Waals surface area contributed by atoms with Gasteiger partial charge < -0.3 is 15.1 Å². The summed E-state index contributed by atoms with van der Waals surface area (Å²) in [6, 6.07) is 14.0. The van der Waals surface area contributed by atoms with E-state index >= 15 is 0 Å². The minimum atomic E-state index is -0.187. The number of carbonyl (C=O) groups excluding carboxylic acids is 1. The lowest BCUT2D eigenvalue weighted by Gasteiger charge is -2.33. The largest absolute Gasteiger partial charge is 0.458 e. The zero-order chi connectivity index (χ0) is 17.9. The van der Waals surface area contributed by atoms with Crippen LogP contribution in [0.5, 0.6) is 0 Å². The molecular formula is C20H22N4O2. The molecule has 1 fully saturated rings. The van der Waals surface area contributed by atoms with E-state index in [1.54, 1.807) is 23.2 Å². The van der Waals surface area contributed by atoms with Gasteiger partial charge >= 0.3 is 0 Å². The van der Waals surface area contributed by atoms with Crippen LogP contribution in [0.1, 0.15) is 28.5 Å². The molecule has 0 radical (unpaired) electrons. The highest BCUT2D eigenvalue weighted by molar-refractivity contribution is 5.93. The summed E-state index contributed by atoms with van der Waals surface area (Å²) in [6.45, 7) is 1.71. The van der Waals surface area contributed by atoms with E-state index in [0.717, 1.165) is 30.8 Å². The van der Waals surface area contributed by atoms with Crippen LogP contribution < -0.4 is 10.6 Å². The molecule has 1 aliphatic heterocycles. The van der Waals surface area contributed by atoms with E-state index in [4.69, 9.17) is 4.42 Å². The summed E-state index contributed by atoms with van der Waals surface area (Å²) in [5, 5.41) is 10.7. The van der Waals surface area contributed by atoms with Crippen molar-refractivity contribution in [3.05, 3.63) is 66.2 Å². The second-order valence-electron chi connectivity index (χ2n) is 6.63. The van der Waals surface area contributed by atoms with E-state index < -0.39 is 0 Å². The summed E-state index contributed by atoms with van der Waals surface area (Å²) in [5.41, 5.74) is 3.01. The van der Waals surface area contributed by atoms with Crippen molar-refractivity contribution >= 4 is 5.91 Å². The molecule has 2 atom stereocenters. The number of aryl methyl sites for hydroxylation is 1. The lowest BCUT2D eigenvalue weighted by atomic mass is 9.86. The first kappa shape index (κ1) is 16.6. The van der Waals surface area contributed by atoms with Crippen molar-refractivity contribution < 1.29 is 9.21 Å². The zero-order valence-corrected chi connectivity index (χ0v) is 14.7. The van der Waals surface area contributed by atoms with Crippen LogP contribution in [0.25, 0.3) is 11.3 Å². The molecule has 3 heterocycles. The van der Waals surface area contributed by atoms with Gasteiger partial charge in [0.2, 0.25) is 0 Å². The van der Waals surface area contributed by atoms with Crippen molar-refractivity contribution in [2.75, 3.05) is 13.1 Å². The number of nitrogens with one attached hydrogen (secondary N) is 2. The predicted octanol–water partition coefficient (Wildman–Crippen LogP) is 2.56. The Morgan fingerprint density at radius 2 is 2.15 bits per heavy atom. The Kier molecular flexibility index (Phi) is 4.58. The molecule has 6 nitrogen and oxygen atoms in total. The van der Waals surface area contributed by atoms with Crippen molar-refractivity contribution in [3.8, 4) is 11.3 Å². The number of amides is 1. The molecule has 1 amide bonds. The topological polar surface area (TPSA) is 72.1 Å². The van der Waals surface area contributed by atoms with Gasteiger partial charge in [-0.3, -0.25) is 9.48 Å². The Bertz CT molecular complexity index is 884. The second-order valence-corrected chi connectivity index (χ2v) is 6.63. The van der Waals surface area contributed by atoms with Gasteiger partial charge in [-0.05, 0) is 30.7 Å². The molecule has 2 N–H and O–H groups in total. The highest BCUT2D eigenvalue weighted by Crippen LogP contribution is 2.26. The fraction of sp³-hybridized carbons (Fsp3) is 0.300. The lowest BCUT2D eigenvalue weighted by molar-refractivity contribution is 0.0896. The van der Waals surface area contributed by atoms with Crippen molar-refractivity contribution in [2.24, 2.45) is 7.05 Å². The zero-order valence-electron chi connectivity index (χ0n) is 14.7. The molecule has 4 rings (SSSR count).